The van der Waals surface area contributed by atoms with Crippen molar-refractivity contribution >= 4 is 66.4 Å². The molecule has 0 radical (unpaired) electrons. The molecule has 0 heterocycles. The smallest absolute Gasteiger partial charge is 0.125 e. The Balaban J connectivity index is 1.25. The van der Waals surface area contributed by atoms with Crippen molar-refractivity contribution in [2.45, 2.75) is 5.41 Å². The van der Waals surface area contributed by atoms with E-state index in [0.29, 0.717) is 0 Å². The monoisotopic (exact) mass is 838 g/mol. The van der Waals surface area contributed by atoms with Crippen molar-refractivity contribution in [2.24, 2.45) is 0 Å². The summed E-state index contributed by atoms with van der Waals surface area (Å²) in [5.74, 6) is -0.597. The summed E-state index contributed by atoms with van der Waals surface area (Å²) in [4.78, 5) is 4.33. The summed E-state index contributed by atoms with van der Waals surface area (Å²) in [5, 5.41) is 6.63. The predicted molar refractivity (Wildman–Crippen MR) is 266 cm³/mol. The van der Waals surface area contributed by atoms with Crippen LogP contribution >= 0.6 is 0 Å². The lowest BCUT2D eigenvalue weighted by molar-refractivity contribution is 0.627. The Kier molecular flexibility index (Phi) is 9.13. The van der Waals surface area contributed by atoms with Crippen molar-refractivity contribution in [2.75, 3.05) is 9.80 Å². The van der Waals surface area contributed by atoms with Crippen LogP contribution in [-0.2, 0) is 5.41 Å². The molecule has 308 valence electrons. The summed E-state index contributed by atoms with van der Waals surface area (Å²) in [5.41, 5.74) is 11.3. The fraction of sp³-hybridized carbons (Fsp3) is 0.0164. The average molecular weight is 839 g/mol. The van der Waals surface area contributed by atoms with Crippen LogP contribution in [0.4, 0.5) is 42.9 Å². The van der Waals surface area contributed by atoms with Gasteiger partial charge >= 0.3 is 0 Å². The largest absolute Gasteiger partial charge is 0.310 e. The van der Waals surface area contributed by atoms with Crippen molar-refractivity contribution in [3.8, 4) is 11.1 Å². The number of para-hydroxylation sites is 2. The molecule has 11 aromatic carbocycles. The van der Waals surface area contributed by atoms with Gasteiger partial charge in [0.1, 0.15) is 11.6 Å². The van der Waals surface area contributed by atoms with Gasteiger partial charge in [0.2, 0.25) is 0 Å². The van der Waals surface area contributed by atoms with Gasteiger partial charge in [-0.05, 0) is 139 Å². The van der Waals surface area contributed by atoms with Gasteiger partial charge in [0.05, 0.1) is 11.1 Å². The number of hydrogen-bond acceptors (Lipinski definition) is 2. The van der Waals surface area contributed by atoms with Gasteiger partial charge in [0.15, 0.2) is 0 Å². The molecule has 0 spiro atoms. The second kappa shape index (κ2) is 15.5. The first kappa shape index (κ1) is 38.3. The van der Waals surface area contributed by atoms with Gasteiger partial charge in [0.25, 0.3) is 0 Å². The Hall–Kier alpha value is -8.34. The molecule has 12 rings (SSSR count). The maximum Gasteiger partial charge on any atom is 0.125 e. The van der Waals surface area contributed by atoms with Gasteiger partial charge in [-0.3, -0.25) is 0 Å². The Morgan fingerprint density at radius 3 is 1.31 bits per heavy atom. The number of rotatable bonds is 8. The molecule has 0 saturated carbocycles. The Labute approximate surface area is 376 Å². The minimum absolute atomic E-state index is 0.296. The van der Waals surface area contributed by atoms with E-state index in [1.807, 2.05) is 48.5 Å². The van der Waals surface area contributed by atoms with Crippen molar-refractivity contribution in [3.05, 3.63) is 277 Å². The van der Waals surface area contributed by atoms with Crippen LogP contribution in [0.25, 0.3) is 43.4 Å². The highest BCUT2D eigenvalue weighted by Gasteiger charge is 2.49. The van der Waals surface area contributed by atoms with Gasteiger partial charge in [-0.2, -0.15) is 0 Å². The molecule has 65 heavy (non-hydrogen) atoms. The number of halogens is 2. The first-order chi connectivity index (χ1) is 32.1. The van der Waals surface area contributed by atoms with E-state index >= 15 is 8.78 Å². The summed E-state index contributed by atoms with van der Waals surface area (Å²) >= 11 is 0. The van der Waals surface area contributed by atoms with Crippen molar-refractivity contribution in [1.29, 1.82) is 0 Å². The Bertz CT molecular complexity index is 3530. The van der Waals surface area contributed by atoms with Gasteiger partial charge in [0, 0.05) is 33.8 Å². The van der Waals surface area contributed by atoms with Crippen molar-refractivity contribution < 1.29 is 8.78 Å². The van der Waals surface area contributed by atoms with Crippen LogP contribution in [0.5, 0.6) is 0 Å². The van der Waals surface area contributed by atoms with E-state index in [0.717, 1.165) is 83.1 Å². The first-order valence-corrected chi connectivity index (χ1v) is 22.0. The molecule has 1 aliphatic carbocycles. The zero-order valence-corrected chi connectivity index (χ0v) is 35.2. The molecular formula is C61H40F2N2. The molecule has 0 amide bonds. The molecule has 1 aliphatic rings. The van der Waals surface area contributed by atoms with Crippen LogP contribution in [0, 0.1) is 11.6 Å². The van der Waals surface area contributed by atoms with Crippen LogP contribution in [0.2, 0.25) is 0 Å². The SMILES string of the molecule is Fc1cccc(N(c2ccccc2)c2ccc3c4c(c5ccccc5c3c2)-c2c(cc(N(c3ccccc3)c3cccc(F)c3)c3ccccc23)C4(c2ccccc2)c2ccccc2)c1. The molecule has 0 atom stereocenters. The highest BCUT2D eigenvalue weighted by atomic mass is 19.1. The van der Waals surface area contributed by atoms with Gasteiger partial charge < -0.3 is 9.80 Å². The third-order valence-electron chi connectivity index (χ3n) is 13.1. The minimum atomic E-state index is -0.818. The number of benzene rings is 11. The molecule has 11 aromatic rings. The number of hydrogen-bond donors (Lipinski definition) is 0. The van der Waals surface area contributed by atoms with E-state index in [-0.39, 0.29) is 11.6 Å². The fourth-order valence-electron chi connectivity index (χ4n) is 10.6. The standard InChI is InChI=1S/C61H40F2N2/c62-43-23-17-29-47(37-43)64(45-25-9-3-10-26-45)49-35-36-54-55(39-49)50-31-13-15-33-52(50)59-58-53-34-16-14-32-51(53)57(65(46-27-11-4-12-28-46)48-30-18-24-44(63)38-48)40-56(58)61(60(54)59,41-19-5-1-6-20-41)42-21-7-2-8-22-42/h1-40H. The van der Waals surface area contributed by atoms with Gasteiger partial charge in [-0.1, -0.05) is 164 Å². The third kappa shape index (κ3) is 6.06. The topological polar surface area (TPSA) is 6.48 Å². The van der Waals surface area contributed by atoms with Crippen LogP contribution in [0.3, 0.4) is 0 Å². The predicted octanol–water partition coefficient (Wildman–Crippen LogP) is 16.7. The molecule has 2 nitrogen and oxygen atoms in total. The average Bonchev–Trinajstić information content (AvgIpc) is 3.68. The van der Waals surface area contributed by atoms with E-state index in [1.54, 1.807) is 24.3 Å². The number of fused-ring (bicyclic) bond motifs is 10. The summed E-state index contributed by atoms with van der Waals surface area (Å²) < 4.78 is 30.4. The van der Waals surface area contributed by atoms with Crippen LogP contribution in [0.15, 0.2) is 243 Å². The molecule has 0 aliphatic heterocycles. The maximum absolute atomic E-state index is 15.4. The first-order valence-electron chi connectivity index (χ1n) is 22.0. The molecule has 4 heteroatoms. The molecular weight excluding hydrogens is 799 g/mol. The lowest BCUT2D eigenvalue weighted by Crippen LogP contribution is -2.29. The number of anilines is 6. The number of nitrogens with zero attached hydrogens (tertiary/aromatic N) is 2. The third-order valence-corrected chi connectivity index (χ3v) is 13.1. The molecule has 0 bridgehead atoms. The Morgan fingerprint density at radius 2 is 0.738 bits per heavy atom. The summed E-state index contributed by atoms with van der Waals surface area (Å²) in [7, 11) is 0. The molecule has 0 fully saturated rings. The van der Waals surface area contributed by atoms with E-state index in [9.17, 15) is 0 Å². The van der Waals surface area contributed by atoms with Gasteiger partial charge in [-0.25, -0.2) is 8.78 Å². The zero-order valence-electron chi connectivity index (χ0n) is 35.2. The molecule has 0 unspecified atom stereocenters. The summed E-state index contributed by atoms with van der Waals surface area (Å²) in [6.07, 6.45) is 0. The summed E-state index contributed by atoms with van der Waals surface area (Å²) in [6, 6.07) is 82.5. The second-order valence-corrected chi connectivity index (χ2v) is 16.7. The molecule has 0 N–H and O–H groups in total. The fourth-order valence-corrected chi connectivity index (χ4v) is 10.6. The van der Waals surface area contributed by atoms with Crippen LogP contribution in [0.1, 0.15) is 22.3 Å². The maximum atomic E-state index is 15.4. The van der Waals surface area contributed by atoms with E-state index in [2.05, 4.69) is 168 Å². The van der Waals surface area contributed by atoms with E-state index in [4.69, 9.17) is 0 Å². The molecule has 0 aromatic heterocycles. The van der Waals surface area contributed by atoms with Crippen molar-refractivity contribution in [3.63, 3.8) is 0 Å². The second-order valence-electron chi connectivity index (χ2n) is 16.7. The van der Waals surface area contributed by atoms with Crippen LogP contribution < -0.4 is 9.80 Å². The highest BCUT2D eigenvalue weighted by Crippen LogP contribution is 2.63. The summed E-state index contributed by atoms with van der Waals surface area (Å²) in [6.45, 7) is 0. The van der Waals surface area contributed by atoms with Crippen LogP contribution in [-0.4, -0.2) is 0 Å². The van der Waals surface area contributed by atoms with Crippen molar-refractivity contribution in [1.82, 2.24) is 0 Å². The van der Waals surface area contributed by atoms with E-state index in [1.165, 1.54) is 28.8 Å². The lowest BCUT2D eigenvalue weighted by atomic mass is 9.66. The normalized spacial score (nSPS) is 12.6. The minimum Gasteiger partial charge on any atom is -0.310 e. The lowest BCUT2D eigenvalue weighted by Gasteiger charge is -2.36. The quantitative estimate of drug-likeness (QED) is 0.141. The Morgan fingerprint density at radius 1 is 0.292 bits per heavy atom. The van der Waals surface area contributed by atoms with E-state index < -0.39 is 5.41 Å². The zero-order chi connectivity index (χ0) is 43.5. The van der Waals surface area contributed by atoms with Gasteiger partial charge in [-0.15, -0.1) is 0 Å². The highest BCUT2D eigenvalue weighted by molar-refractivity contribution is 6.24. The molecule has 0 saturated heterocycles.